The van der Waals surface area contributed by atoms with Crippen molar-refractivity contribution >= 4 is 114 Å². The lowest BCUT2D eigenvalue weighted by atomic mass is 10.0. The molecule has 7 aromatic rings. The van der Waals surface area contributed by atoms with E-state index in [4.69, 9.17) is 46.4 Å². The molecule has 0 aromatic heterocycles. The van der Waals surface area contributed by atoms with E-state index in [1.54, 1.807) is 109 Å². The zero-order valence-corrected chi connectivity index (χ0v) is 32.6. The van der Waals surface area contributed by atoms with Crippen molar-refractivity contribution in [2.75, 3.05) is 10.6 Å². The number of halogens is 4. The molecule has 0 saturated heterocycles. The van der Waals surface area contributed by atoms with Crippen molar-refractivity contribution in [3.63, 3.8) is 0 Å². The van der Waals surface area contributed by atoms with Crippen LogP contribution in [0, 0.1) is 0 Å². The Morgan fingerprint density at radius 2 is 0.875 bits per heavy atom. The van der Waals surface area contributed by atoms with Crippen molar-refractivity contribution < 1.29 is 19.8 Å². The van der Waals surface area contributed by atoms with Crippen molar-refractivity contribution in [2.24, 2.45) is 20.5 Å². The van der Waals surface area contributed by atoms with Gasteiger partial charge in [0, 0.05) is 32.2 Å². The van der Waals surface area contributed by atoms with Gasteiger partial charge >= 0.3 is 0 Å². The molecule has 0 radical (unpaired) electrons. The van der Waals surface area contributed by atoms with E-state index in [0.29, 0.717) is 53.0 Å². The molecule has 0 aliphatic rings. The van der Waals surface area contributed by atoms with Gasteiger partial charge in [-0.05, 0) is 83.6 Å². The highest BCUT2D eigenvalue weighted by Gasteiger charge is 2.21. The van der Waals surface area contributed by atoms with E-state index in [1.807, 2.05) is 13.8 Å². The van der Waals surface area contributed by atoms with Crippen LogP contribution >= 0.6 is 46.4 Å². The normalized spacial score (nSPS) is 11.2. The van der Waals surface area contributed by atoms with Crippen LogP contribution < -0.4 is 10.6 Å². The van der Waals surface area contributed by atoms with Crippen LogP contribution in [0.1, 0.15) is 34.6 Å². The summed E-state index contributed by atoms with van der Waals surface area (Å²) in [4.78, 5) is 27.0. The number of benzene rings is 7. The first-order chi connectivity index (χ1) is 27.0. The number of fused-ring (bicyclic) bond motifs is 2. The Kier molecular flexibility index (Phi) is 12.5. The number of azo groups is 2. The van der Waals surface area contributed by atoms with E-state index >= 15 is 0 Å². The highest BCUT2D eigenvalue weighted by Crippen LogP contribution is 2.42. The number of rotatable bonds is 8. The van der Waals surface area contributed by atoms with Gasteiger partial charge in [-0.3, -0.25) is 9.59 Å². The van der Waals surface area contributed by atoms with Crippen LogP contribution in [0.3, 0.4) is 0 Å². The van der Waals surface area contributed by atoms with Crippen LogP contribution in [0.25, 0.3) is 21.5 Å². The number of aromatic hydroxyl groups is 2. The minimum absolute atomic E-state index is 0.0467. The van der Waals surface area contributed by atoms with E-state index in [1.165, 1.54) is 12.1 Å². The molecule has 280 valence electrons. The molecule has 0 bridgehead atoms. The van der Waals surface area contributed by atoms with Gasteiger partial charge < -0.3 is 20.8 Å². The number of amides is 2. The molecule has 0 heterocycles. The number of carbonyl (C=O) groups is 2. The van der Waals surface area contributed by atoms with Crippen molar-refractivity contribution in [1.82, 2.24) is 0 Å². The molecule has 0 unspecified atom stereocenters. The second-order valence-corrected chi connectivity index (χ2v) is 13.4. The van der Waals surface area contributed by atoms with Crippen LogP contribution in [-0.4, -0.2) is 22.0 Å². The first-order valence-corrected chi connectivity index (χ1v) is 18.5. The first kappa shape index (κ1) is 39.6. The average molecular weight is 825 g/mol. The minimum atomic E-state index is -0.617. The third-order valence-corrected chi connectivity index (χ3v) is 9.32. The van der Waals surface area contributed by atoms with Crippen LogP contribution in [0.5, 0.6) is 11.5 Å². The predicted octanol–water partition coefficient (Wildman–Crippen LogP) is 14.4. The predicted molar refractivity (Wildman–Crippen MR) is 226 cm³/mol. The van der Waals surface area contributed by atoms with E-state index in [9.17, 15) is 19.8 Å². The Morgan fingerprint density at radius 3 is 1.27 bits per heavy atom. The van der Waals surface area contributed by atoms with Crippen molar-refractivity contribution in [1.29, 1.82) is 0 Å². The van der Waals surface area contributed by atoms with Gasteiger partial charge in [0.1, 0.15) is 22.7 Å². The molecule has 10 nitrogen and oxygen atoms in total. The molecule has 14 heteroatoms. The molecule has 56 heavy (non-hydrogen) atoms. The summed E-state index contributed by atoms with van der Waals surface area (Å²) < 4.78 is 0. The van der Waals surface area contributed by atoms with Gasteiger partial charge in [-0.1, -0.05) is 109 Å². The van der Waals surface area contributed by atoms with Crippen LogP contribution in [0.4, 0.5) is 34.1 Å². The number of hydrogen-bond donors (Lipinski definition) is 4. The Balaban J connectivity index is 0.00000262. The van der Waals surface area contributed by atoms with Crippen LogP contribution in [-0.2, 0) is 0 Å². The molecular formula is C42H30Cl4N6O4. The van der Waals surface area contributed by atoms with Gasteiger partial charge in [-0.25, -0.2) is 0 Å². The first-order valence-electron chi connectivity index (χ1n) is 17.0. The van der Waals surface area contributed by atoms with Gasteiger partial charge in [0.2, 0.25) is 0 Å². The molecule has 0 spiro atoms. The summed E-state index contributed by atoms with van der Waals surface area (Å²) in [6.45, 7) is 4.00. The standard InChI is InChI=1S/C40H24Cl4N6O4.C2H6/c41-23-9-15-31(43)33(19-23)47-49-35-27-7-3-1-5-21(27)17-29(37(35)51)39(53)45-25-11-13-26(14-12-25)46-40(54)30-18-22-6-2-4-8-28(22)36(38(30)52)50-48-34-20-24(42)10-16-32(34)44;1-2/h1-20,51-52H,(H,45,53)(H,46,54);1-2H3. The molecule has 7 rings (SSSR count). The summed E-state index contributed by atoms with van der Waals surface area (Å²) in [6, 6.07) is 33.0. The molecule has 4 N–H and O–H groups in total. The maximum atomic E-state index is 13.5. The Morgan fingerprint density at radius 1 is 0.500 bits per heavy atom. The highest BCUT2D eigenvalue weighted by molar-refractivity contribution is 6.35. The zero-order chi connectivity index (χ0) is 39.9. The summed E-state index contributed by atoms with van der Waals surface area (Å²) in [5.41, 5.74) is 1.37. The van der Waals surface area contributed by atoms with Gasteiger partial charge in [0.15, 0.2) is 11.5 Å². The summed E-state index contributed by atoms with van der Waals surface area (Å²) in [6.07, 6.45) is 0. The van der Waals surface area contributed by atoms with Gasteiger partial charge in [-0.15, -0.1) is 20.5 Å². The van der Waals surface area contributed by atoms with Crippen molar-refractivity contribution in [3.8, 4) is 11.5 Å². The molecular weight excluding hydrogens is 794 g/mol. The average Bonchev–Trinajstić information content (AvgIpc) is 3.20. The van der Waals surface area contributed by atoms with Gasteiger partial charge in [-0.2, -0.15) is 0 Å². The number of nitrogens with zero attached hydrogens (tertiary/aromatic N) is 4. The SMILES string of the molecule is CC.O=C(Nc1ccc(NC(=O)c2cc3ccccc3c(N=Nc3cc(Cl)ccc3Cl)c2O)cc1)c1cc2ccccc2c(N=Nc2cc(Cl)ccc2Cl)c1O. The molecule has 0 aliphatic carbocycles. The highest BCUT2D eigenvalue weighted by atomic mass is 35.5. The van der Waals surface area contributed by atoms with E-state index in [0.717, 1.165) is 0 Å². The number of hydrogen-bond acceptors (Lipinski definition) is 8. The third kappa shape index (κ3) is 8.75. The van der Waals surface area contributed by atoms with Gasteiger partial charge in [0.25, 0.3) is 11.8 Å². The largest absolute Gasteiger partial charge is 0.505 e. The Bertz CT molecular complexity index is 2500. The monoisotopic (exact) mass is 822 g/mol. The molecule has 2 amide bonds. The maximum Gasteiger partial charge on any atom is 0.259 e. The van der Waals surface area contributed by atoms with Crippen molar-refractivity contribution in [3.05, 3.63) is 153 Å². The fraction of sp³-hybridized carbons (Fsp3) is 0.0476. The Labute approximate surface area is 341 Å². The van der Waals surface area contributed by atoms with Gasteiger partial charge in [0.05, 0.1) is 21.2 Å². The number of anilines is 2. The van der Waals surface area contributed by atoms with E-state index < -0.39 is 11.8 Å². The maximum absolute atomic E-state index is 13.5. The second-order valence-electron chi connectivity index (χ2n) is 11.8. The number of phenolic OH excluding ortho intramolecular Hbond substituents is 2. The van der Waals surface area contributed by atoms with Crippen LogP contribution in [0.2, 0.25) is 20.1 Å². The summed E-state index contributed by atoms with van der Waals surface area (Å²) in [5, 5.41) is 48.7. The lowest BCUT2D eigenvalue weighted by Crippen LogP contribution is -2.13. The van der Waals surface area contributed by atoms with Crippen LogP contribution in [0.15, 0.2) is 142 Å². The summed E-state index contributed by atoms with van der Waals surface area (Å²) in [5.74, 6) is -2.01. The van der Waals surface area contributed by atoms with E-state index in [2.05, 4.69) is 31.1 Å². The summed E-state index contributed by atoms with van der Waals surface area (Å²) in [7, 11) is 0. The van der Waals surface area contributed by atoms with Crippen molar-refractivity contribution in [2.45, 2.75) is 13.8 Å². The minimum Gasteiger partial charge on any atom is -0.505 e. The fourth-order valence-electron chi connectivity index (χ4n) is 5.55. The molecule has 0 saturated carbocycles. The topological polar surface area (TPSA) is 148 Å². The lowest BCUT2D eigenvalue weighted by Gasteiger charge is -2.13. The lowest BCUT2D eigenvalue weighted by molar-refractivity contribution is 0.101. The smallest absolute Gasteiger partial charge is 0.259 e. The fourth-order valence-corrected chi connectivity index (χ4v) is 6.19. The summed E-state index contributed by atoms with van der Waals surface area (Å²) >= 11 is 24.7. The molecule has 0 aliphatic heterocycles. The number of nitrogens with one attached hydrogen (secondary N) is 2. The Hall–Kier alpha value is -6.04. The number of phenols is 2. The molecule has 0 atom stereocenters. The second kappa shape index (κ2) is 17.6. The quantitative estimate of drug-likeness (QED) is 0.113. The zero-order valence-electron chi connectivity index (χ0n) is 29.6. The third-order valence-electron chi connectivity index (χ3n) is 8.21. The number of carbonyl (C=O) groups excluding carboxylic acids is 2. The van der Waals surface area contributed by atoms with E-state index in [-0.39, 0.29) is 45.4 Å². The molecule has 7 aromatic carbocycles. The molecule has 0 fully saturated rings.